The molecule has 1 aromatic carbocycles. The summed E-state index contributed by atoms with van der Waals surface area (Å²) in [6.45, 7) is -0.0774. The molecule has 4 rings (SSSR count). The molecule has 9 nitrogen and oxygen atoms in total. The number of ether oxygens (including phenoxy) is 1. The normalized spacial score (nSPS) is 18.9. The van der Waals surface area contributed by atoms with E-state index in [2.05, 4.69) is 25.2 Å². The lowest BCUT2D eigenvalue weighted by Gasteiger charge is -2.40. The average Bonchev–Trinajstić information content (AvgIpc) is 3.05. The van der Waals surface area contributed by atoms with Crippen molar-refractivity contribution in [3.63, 3.8) is 0 Å². The molecule has 1 saturated carbocycles. The lowest BCUT2D eigenvalue weighted by Crippen LogP contribution is -2.51. The van der Waals surface area contributed by atoms with Gasteiger partial charge >= 0.3 is 0 Å². The fraction of sp³-hybridized carbons (Fsp3) is 0.357. The Morgan fingerprint density at radius 2 is 2.12 bits per heavy atom. The van der Waals surface area contributed by atoms with Crippen LogP contribution in [0.3, 0.4) is 0 Å². The van der Waals surface area contributed by atoms with Crippen LogP contribution in [0.5, 0.6) is 5.75 Å². The molecule has 1 fully saturated rings. The number of amides is 1. The minimum Gasteiger partial charge on any atom is -0.482 e. The quantitative estimate of drug-likeness (QED) is 0.737. The predicted molar refractivity (Wildman–Crippen MR) is 82.8 cm³/mol. The summed E-state index contributed by atoms with van der Waals surface area (Å²) in [4.78, 5) is 15.6. The Morgan fingerprint density at radius 3 is 2.79 bits per heavy atom. The number of nitrogens with one attached hydrogen (secondary N) is 3. The fourth-order valence-electron chi connectivity index (χ4n) is 2.90. The second-order valence-electron chi connectivity index (χ2n) is 5.87. The molecule has 0 saturated heterocycles. The number of nitrogens with zero attached hydrogens (tertiary/aromatic N) is 2. The van der Waals surface area contributed by atoms with Gasteiger partial charge in [-0.05, 0) is 37.5 Å². The summed E-state index contributed by atoms with van der Waals surface area (Å²) >= 11 is 0. The number of fused-ring (bicyclic) bond motifs is 1. The zero-order valence-corrected chi connectivity index (χ0v) is 13.4. The molecule has 2 aromatic rings. The van der Waals surface area contributed by atoms with Crippen molar-refractivity contribution in [3.05, 3.63) is 30.4 Å². The van der Waals surface area contributed by atoms with Gasteiger partial charge in [0.1, 0.15) is 17.9 Å². The van der Waals surface area contributed by atoms with Crippen LogP contribution in [0.4, 0.5) is 5.69 Å². The Kier molecular flexibility index (Phi) is 3.32. The van der Waals surface area contributed by atoms with Crippen LogP contribution < -0.4 is 14.8 Å². The van der Waals surface area contributed by atoms with Gasteiger partial charge in [0.05, 0.1) is 16.1 Å². The SMILES string of the molecule is O=C1COc2ccc(S(=O)(=O)NC3(c4ncn[nH]4)CCC3)cc2N1. The molecule has 0 atom stereocenters. The van der Waals surface area contributed by atoms with E-state index in [1.165, 1.54) is 24.5 Å². The van der Waals surface area contributed by atoms with Gasteiger partial charge in [-0.25, -0.2) is 13.4 Å². The van der Waals surface area contributed by atoms with Gasteiger partial charge in [0.15, 0.2) is 6.61 Å². The first-order valence-electron chi connectivity index (χ1n) is 7.45. The Morgan fingerprint density at radius 1 is 1.29 bits per heavy atom. The van der Waals surface area contributed by atoms with E-state index in [0.29, 0.717) is 30.1 Å². The van der Waals surface area contributed by atoms with Crippen molar-refractivity contribution in [1.29, 1.82) is 0 Å². The van der Waals surface area contributed by atoms with E-state index in [0.717, 1.165) is 6.42 Å². The number of H-pyrrole nitrogens is 1. The summed E-state index contributed by atoms with van der Waals surface area (Å²) in [6, 6.07) is 4.37. The number of hydrogen-bond donors (Lipinski definition) is 3. The summed E-state index contributed by atoms with van der Waals surface area (Å²) in [5.74, 6) is 0.635. The molecule has 2 aliphatic rings. The van der Waals surface area contributed by atoms with Crippen LogP contribution in [0.25, 0.3) is 0 Å². The van der Waals surface area contributed by atoms with Gasteiger partial charge in [-0.15, -0.1) is 0 Å². The minimum absolute atomic E-state index is 0.0536. The molecule has 0 bridgehead atoms. The molecule has 1 aromatic heterocycles. The number of anilines is 1. The zero-order valence-electron chi connectivity index (χ0n) is 12.6. The Balaban J connectivity index is 1.66. The highest BCUT2D eigenvalue weighted by atomic mass is 32.2. The van der Waals surface area contributed by atoms with Gasteiger partial charge in [-0.1, -0.05) is 0 Å². The Bertz CT molecular complexity index is 890. The number of aromatic nitrogens is 3. The number of carbonyl (C=O) groups excluding carboxylic acids is 1. The predicted octanol–water partition coefficient (Wildman–Crippen LogP) is 0.493. The van der Waals surface area contributed by atoms with Gasteiger partial charge in [-0.3, -0.25) is 9.89 Å². The smallest absolute Gasteiger partial charge is 0.262 e. The summed E-state index contributed by atoms with van der Waals surface area (Å²) in [7, 11) is -3.80. The largest absolute Gasteiger partial charge is 0.482 e. The molecule has 126 valence electrons. The average molecular weight is 349 g/mol. The first-order chi connectivity index (χ1) is 11.5. The van der Waals surface area contributed by atoms with Gasteiger partial charge in [0.25, 0.3) is 5.91 Å². The molecular formula is C14H15N5O4S. The van der Waals surface area contributed by atoms with Crippen LogP contribution in [-0.2, 0) is 20.4 Å². The molecule has 1 aliphatic heterocycles. The maximum Gasteiger partial charge on any atom is 0.262 e. The third kappa shape index (κ3) is 2.43. The highest BCUT2D eigenvalue weighted by molar-refractivity contribution is 7.89. The zero-order chi connectivity index (χ0) is 16.8. The van der Waals surface area contributed by atoms with Crippen LogP contribution in [0.2, 0.25) is 0 Å². The maximum atomic E-state index is 12.8. The van der Waals surface area contributed by atoms with Crippen molar-refractivity contribution in [3.8, 4) is 5.75 Å². The van der Waals surface area contributed by atoms with E-state index in [1.807, 2.05) is 0 Å². The number of hydrogen-bond acceptors (Lipinski definition) is 6. The van der Waals surface area contributed by atoms with E-state index in [4.69, 9.17) is 4.74 Å². The molecule has 10 heteroatoms. The topological polar surface area (TPSA) is 126 Å². The molecule has 1 amide bonds. The van der Waals surface area contributed by atoms with Crippen molar-refractivity contribution >= 4 is 21.6 Å². The van der Waals surface area contributed by atoms with E-state index in [1.54, 1.807) is 0 Å². The summed E-state index contributed by atoms with van der Waals surface area (Å²) < 4.78 is 33.5. The molecule has 0 spiro atoms. The lowest BCUT2D eigenvalue weighted by molar-refractivity contribution is -0.118. The monoisotopic (exact) mass is 349 g/mol. The van der Waals surface area contributed by atoms with Crippen LogP contribution in [0.15, 0.2) is 29.4 Å². The lowest BCUT2D eigenvalue weighted by atomic mass is 9.77. The summed E-state index contributed by atoms with van der Waals surface area (Å²) in [5.41, 5.74) is -0.415. The number of benzene rings is 1. The van der Waals surface area contributed by atoms with Crippen molar-refractivity contribution in [2.24, 2.45) is 0 Å². The molecule has 24 heavy (non-hydrogen) atoms. The molecule has 3 N–H and O–H groups in total. The second kappa shape index (κ2) is 5.28. The van der Waals surface area contributed by atoms with Crippen molar-refractivity contribution in [1.82, 2.24) is 19.9 Å². The third-order valence-electron chi connectivity index (χ3n) is 4.30. The van der Waals surface area contributed by atoms with E-state index < -0.39 is 15.6 Å². The van der Waals surface area contributed by atoms with Crippen molar-refractivity contribution in [2.75, 3.05) is 11.9 Å². The number of rotatable bonds is 4. The van der Waals surface area contributed by atoms with Crippen molar-refractivity contribution < 1.29 is 17.9 Å². The highest BCUT2D eigenvalue weighted by Gasteiger charge is 2.45. The van der Waals surface area contributed by atoms with Gasteiger partial charge in [0, 0.05) is 0 Å². The number of aromatic amines is 1. The minimum atomic E-state index is -3.80. The summed E-state index contributed by atoms with van der Waals surface area (Å²) in [6.07, 6.45) is 3.55. The van der Waals surface area contributed by atoms with Crippen LogP contribution >= 0.6 is 0 Å². The third-order valence-corrected chi connectivity index (χ3v) is 5.83. The van der Waals surface area contributed by atoms with E-state index >= 15 is 0 Å². The first-order valence-corrected chi connectivity index (χ1v) is 8.93. The van der Waals surface area contributed by atoms with Crippen molar-refractivity contribution in [2.45, 2.75) is 29.7 Å². The fourth-order valence-corrected chi connectivity index (χ4v) is 4.35. The summed E-state index contributed by atoms with van der Waals surface area (Å²) in [5, 5.41) is 9.15. The van der Waals surface area contributed by atoms with Crippen LogP contribution in [0.1, 0.15) is 25.1 Å². The maximum absolute atomic E-state index is 12.8. The Hall–Kier alpha value is -2.46. The van der Waals surface area contributed by atoms with E-state index in [9.17, 15) is 13.2 Å². The second-order valence-corrected chi connectivity index (χ2v) is 7.55. The highest BCUT2D eigenvalue weighted by Crippen LogP contribution is 2.41. The number of sulfonamides is 1. The van der Waals surface area contributed by atoms with Gasteiger partial charge in [-0.2, -0.15) is 9.82 Å². The number of carbonyl (C=O) groups is 1. The standard InChI is InChI=1S/C14H15N5O4S/c20-12-7-23-11-3-2-9(6-10(11)17-12)24(21,22)19-14(4-1-5-14)13-15-8-16-18-13/h2-3,6,8,19H,1,4-5,7H2,(H,17,20)(H,15,16,18). The molecule has 2 heterocycles. The van der Waals surface area contributed by atoms with Gasteiger partial charge in [0.2, 0.25) is 10.0 Å². The first kappa shape index (κ1) is 15.1. The molecule has 1 aliphatic carbocycles. The molecule has 0 unspecified atom stereocenters. The Labute approximate surface area is 137 Å². The van der Waals surface area contributed by atoms with Gasteiger partial charge < -0.3 is 10.1 Å². The molecular weight excluding hydrogens is 334 g/mol. The van der Waals surface area contributed by atoms with Crippen LogP contribution in [0, 0.1) is 0 Å². The van der Waals surface area contributed by atoms with Crippen LogP contribution in [-0.4, -0.2) is 36.1 Å². The van der Waals surface area contributed by atoms with E-state index in [-0.39, 0.29) is 17.4 Å². The molecule has 0 radical (unpaired) electrons.